The van der Waals surface area contributed by atoms with Crippen LogP contribution in [0.25, 0.3) is 0 Å². The van der Waals surface area contributed by atoms with E-state index >= 15 is 0 Å². The number of nitrogens with two attached hydrogens (primary N) is 1. The second kappa shape index (κ2) is 7.99. The van der Waals surface area contributed by atoms with Crippen LogP contribution in [0, 0.1) is 11.8 Å². The van der Waals surface area contributed by atoms with E-state index in [0.717, 1.165) is 29.7 Å². The predicted octanol–water partition coefficient (Wildman–Crippen LogP) is 5.94. The van der Waals surface area contributed by atoms with E-state index in [2.05, 4.69) is 11.4 Å². The van der Waals surface area contributed by atoms with Gasteiger partial charge in [-0.05, 0) is 67.0 Å². The molecule has 0 aromatic heterocycles. The molecule has 3 N–H and O–H groups in total. The summed E-state index contributed by atoms with van der Waals surface area (Å²) >= 11 is 1.44. The molecule has 0 radical (unpaired) electrons. The van der Waals surface area contributed by atoms with Crippen LogP contribution < -0.4 is 11.1 Å². The SMILES string of the molecule is NC[C@H]1CCC[C@H](CNc2cc(C(F)(F)F)cc3c2Cc2ccccc2S3)C1. The Bertz CT molecular complexity index is 850. The molecule has 1 heterocycles. The molecule has 0 unspecified atom stereocenters. The summed E-state index contributed by atoms with van der Waals surface area (Å²) in [5.74, 6) is 1.01. The van der Waals surface area contributed by atoms with Gasteiger partial charge in [0.2, 0.25) is 0 Å². The normalized spacial score (nSPS) is 21.7. The average molecular weight is 407 g/mol. The number of benzene rings is 2. The summed E-state index contributed by atoms with van der Waals surface area (Å²) in [4.78, 5) is 1.75. The third kappa shape index (κ3) is 4.18. The summed E-state index contributed by atoms with van der Waals surface area (Å²) in [5, 5.41) is 3.38. The molecule has 6 heteroatoms. The van der Waals surface area contributed by atoms with Crippen molar-refractivity contribution in [3.63, 3.8) is 0 Å². The van der Waals surface area contributed by atoms with Gasteiger partial charge >= 0.3 is 6.18 Å². The minimum absolute atomic E-state index is 0.469. The molecule has 1 fully saturated rings. The molecule has 150 valence electrons. The molecule has 0 spiro atoms. The lowest BCUT2D eigenvalue weighted by Gasteiger charge is -2.30. The molecule has 1 aliphatic heterocycles. The van der Waals surface area contributed by atoms with Crippen molar-refractivity contribution in [2.24, 2.45) is 17.6 Å². The van der Waals surface area contributed by atoms with Crippen molar-refractivity contribution in [2.75, 3.05) is 18.4 Å². The number of fused-ring (bicyclic) bond motifs is 2. The van der Waals surface area contributed by atoms with Crippen molar-refractivity contribution >= 4 is 17.4 Å². The van der Waals surface area contributed by atoms with Gasteiger partial charge in [-0.25, -0.2) is 0 Å². The summed E-state index contributed by atoms with van der Waals surface area (Å²) in [7, 11) is 0. The van der Waals surface area contributed by atoms with Crippen LogP contribution in [0.2, 0.25) is 0 Å². The number of nitrogens with one attached hydrogen (secondary N) is 1. The second-order valence-electron chi connectivity index (χ2n) is 7.90. The highest BCUT2D eigenvalue weighted by Crippen LogP contribution is 2.45. The maximum absolute atomic E-state index is 13.5. The lowest BCUT2D eigenvalue weighted by Crippen LogP contribution is -2.27. The highest BCUT2D eigenvalue weighted by atomic mass is 32.2. The number of alkyl halides is 3. The topological polar surface area (TPSA) is 38.0 Å². The zero-order chi connectivity index (χ0) is 19.7. The first-order chi connectivity index (χ1) is 13.4. The van der Waals surface area contributed by atoms with Crippen LogP contribution in [-0.4, -0.2) is 13.1 Å². The Morgan fingerprint density at radius 1 is 1.07 bits per heavy atom. The van der Waals surface area contributed by atoms with Crippen LogP contribution in [0.4, 0.5) is 18.9 Å². The minimum atomic E-state index is -4.35. The fourth-order valence-corrected chi connectivity index (χ4v) is 5.50. The van der Waals surface area contributed by atoms with Crippen LogP contribution in [0.1, 0.15) is 42.4 Å². The number of halogens is 3. The fourth-order valence-electron chi connectivity index (χ4n) is 4.35. The summed E-state index contributed by atoms with van der Waals surface area (Å²) in [5.41, 5.74) is 8.02. The van der Waals surface area contributed by atoms with Crippen molar-refractivity contribution < 1.29 is 13.2 Å². The third-order valence-corrected chi connectivity index (χ3v) is 7.10. The van der Waals surface area contributed by atoms with E-state index in [1.54, 1.807) is 0 Å². The van der Waals surface area contributed by atoms with Gasteiger partial charge in [-0.3, -0.25) is 0 Å². The Balaban J connectivity index is 1.61. The Morgan fingerprint density at radius 3 is 2.64 bits per heavy atom. The molecule has 0 bridgehead atoms. The van der Waals surface area contributed by atoms with Crippen LogP contribution in [-0.2, 0) is 12.6 Å². The van der Waals surface area contributed by atoms with Gasteiger partial charge in [0.25, 0.3) is 0 Å². The highest BCUT2D eigenvalue weighted by molar-refractivity contribution is 7.99. The van der Waals surface area contributed by atoms with Gasteiger partial charge in [-0.15, -0.1) is 0 Å². The Kier molecular flexibility index (Phi) is 5.61. The van der Waals surface area contributed by atoms with E-state index in [1.165, 1.54) is 35.9 Å². The lowest BCUT2D eigenvalue weighted by atomic mass is 9.81. The first kappa shape index (κ1) is 19.6. The van der Waals surface area contributed by atoms with E-state index in [-0.39, 0.29) is 0 Å². The maximum atomic E-state index is 13.5. The summed E-state index contributed by atoms with van der Waals surface area (Å²) in [6, 6.07) is 10.5. The van der Waals surface area contributed by atoms with Gasteiger partial charge < -0.3 is 11.1 Å². The molecule has 1 aliphatic carbocycles. The quantitative estimate of drug-likeness (QED) is 0.563. The molecule has 2 nitrogen and oxygen atoms in total. The largest absolute Gasteiger partial charge is 0.416 e. The van der Waals surface area contributed by atoms with E-state index in [4.69, 9.17) is 5.73 Å². The molecule has 2 aliphatic rings. The molecule has 28 heavy (non-hydrogen) atoms. The van der Waals surface area contributed by atoms with Gasteiger partial charge in [-0.1, -0.05) is 36.4 Å². The number of hydrogen-bond donors (Lipinski definition) is 2. The third-order valence-electron chi connectivity index (χ3n) is 5.90. The predicted molar refractivity (Wildman–Crippen MR) is 108 cm³/mol. The smallest absolute Gasteiger partial charge is 0.384 e. The summed E-state index contributed by atoms with van der Waals surface area (Å²) in [6.07, 6.45) is 0.801. The molecule has 2 aromatic rings. The van der Waals surface area contributed by atoms with Gasteiger partial charge in [0.05, 0.1) is 5.56 Å². The zero-order valence-corrected chi connectivity index (χ0v) is 16.5. The van der Waals surface area contributed by atoms with Gasteiger partial charge in [0.15, 0.2) is 0 Å². The van der Waals surface area contributed by atoms with Crippen molar-refractivity contribution in [1.29, 1.82) is 0 Å². The number of hydrogen-bond acceptors (Lipinski definition) is 3. The Morgan fingerprint density at radius 2 is 1.86 bits per heavy atom. The number of rotatable bonds is 4. The molecule has 2 atom stereocenters. The van der Waals surface area contributed by atoms with Crippen molar-refractivity contribution in [3.8, 4) is 0 Å². The molecular weight excluding hydrogens is 381 g/mol. The van der Waals surface area contributed by atoms with E-state index in [0.29, 0.717) is 41.9 Å². The second-order valence-corrected chi connectivity index (χ2v) is 8.98. The first-order valence-electron chi connectivity index (χ1n) is 9.88. The van der Waals surface area contributed by atoms with Crippen LogP contribution in [0.15, 0.2) is 46.2 Å². The first-order valence-corrected chi connectivity index (χ1v) is 10.7. The van der Waals surface area contributed by atoms with Gasteiger partial charge in [0.1, 0.15) is 0 Å². The molecule has 0 amide bonds. The van der Waals surface area contributed by atoms with E-state index < -0.39 is 11.7 Å². The fraction of sp³-hybridized carbons (Fsp3) is 0.455. The monoisotopic (exact) mass is 406 g/mol. The molecule has 2 aromatic carbocycles. The number of anilines is 1. The Hall–Kier alpha value is -1.66. The molecule has 1 saturated carbocycles. The van der Waals surface area contributed by atoms with Gasteiger partial charge in [-0.2, -0.15) is 13.2 Å². The van der Waals surface area contributed by atoms with Crippen LogP contribution in [0.5, 0.6) is 0 Å². The minimum Gasteiger partial charge on any atom is -0.384 e. The summed E-state index contributed by atoms with van der Waals surface area (Å²) < 4.78 is 40.4. The average Bonchev–Trinajstić information content (AvgIpc) is 2.69. The van der Waals surface area contributed by atoms with E-state index in [1.807, 2.05) is 18.2 Å². The molecule has 4 rings (SSSR count). The molecular formula is C22H25F3N2S. The van der Waals surface area contributed by atoms with Crippen LogP contribution >= 0.6 is 11.8 Å². The Labute approximate surface area is 168 Å². The van der Waals surface area contributed by atoms with Crippen molar-refractivity contribution in [2.45, 2.75) is 48.1 Å². The van der Waals surface area contributed by atoms with Crippen molar-refractivity contribution in [1.82, 2.24) is 0 Å². The summed E-state index contributed by atoms with van der Waals surface area (Å²) in [6.45, 7) is 1.40. The van der Waals surface area contributed by atoms with Crippen molar-refractivity contribution in [3.05, 3.63) is 53.1 Å². The van der Waals surface area contributed by atoms with Crippen LogP contribution in [0.3, 0.4) is 0 Å². The van der Waals surface area contributed by atoms with E-state index in [9.17, 15) is 13.2 Å². The zero-order valence-electron chi connectivity index (χ0n) is 15.7. The standard InChI is InChI=1S/C22H25F3N2S/c23-22(24,25)17-10-19(27-13-15-5-3-4-14(8-15)12-26)18-9-16-6-1-2-7-20(16)28-21(18)11-17/h1-2,6-7,10-11,14-15,27H,3-5,8-9,12-13,26H2/t14-,15-/m0/s1. The highest BCUT2D eigenvalue weighted by Gasteiger charge is 2.33. The molecule has 0 saturated heterocycles. The lowest BCUT2D eigenvalue weighted by molar-refractivity contribution is -0.137. The van der Waals surface area contributed by atoms with Gasteiger partial charge in [0, 0.05) is 28.4 Å². The maximum Gasteiger partial charge on any atom is 0.416 e.